The zero-order valence-corrected chi connectivity index (χ0v) is 31.8. The first-order chi connectivity index (χ1) is 27.2. The molecule has 6 N–H and O–H groups in total. The van der Waals surface area contributed by atoms with Crippen molar-refractivity contribution in [1.82, 2.24) is 25.8 Å². The van der Waals surface area contributed by atoms with E-state index in [0.29, 0.717) is 55.8 Å². The molecule has 1 saturated heterocycles. The Balaban J connectivity index is 1.02. The molecule has 1 aliphatic heterocycles. The molecule has 5 rings (SSSR count). The molecule has 2 amide bonds. The van der Waals surface area contributed by atoms with E-state index in [1.54, 1.807) is 19.2 Å². The Hall–Kier alpha value is -5.45. The van der Waals surface area contributed by atoms with Crippen molar-refractivity contribution in [3.05, 3.63) is 105 Å². The van der Waals surface area contributed by atoms with Crippen LogP contribution in [0, 0.1) is 0 Å². The van der Waals surface area contributed by atoms with E-state index in [0.717, 1.165) is 22.3 Å². The zero-order chi connectivity index (χ0) is 41.1. The molecule has 306 valence electrons. The van der Waals surface area contributed by atoms with E-state index in [2.05, 4.69) is 25.7 Å². The summed E-state index contributed by atoms with van der Waals surface area (Å²) in [7, 11) is 1.55. The Morgan fingerprint density at radius 1 is 0.930 bits per heavy atom. The summed E-state index contributed by atoms with van der Waals surface area (Å²) in [5.41, 5.74) is 3.94. The molecule has 2 atom stereocenters. The topological polar surface area (TPSA) is 182 Å². The Kier molecular flexibility index (Phi) is 14.7. The molecule has 1 fully saturated rings. The van der Waals surface area contributed by atoms with Crippen LogP contribution in [0.15, 0.2) is 71.5 Å². The number of amides is 2. The van der Waals surface area contributed by atoms with Crippen LogP contribution in [0.5, 0.6) is 11.5 Å². The number of esters is 1. The average Bonchev–Trinajstić information content (AvgIpc) is 3.18. The van der Waals surface area contributed by atoms with Crippen molar-refractivity contribution >= 4 is 28.7 Å². The number of aliphatic hydroxyl groups is 1. The molecule has 1 unspecified atom stereocenters. The van der Waals surface area contributed by atoms with Crippen molar-refractivity contribution in [3.8, 4) is 11.5 Å². The van der Waals surface area contributed by atoms with Crippen LogP contribution in [-0.4, -0.2) is 89.5 Å². The van der Waals surface area contributed by atoms with Gasteiger partial charge in [0.1, 0.15) is 17.6 Å². The zero-order valence-electron chi connectivity index (χ0n) is 31.8. The lowest BCUT2D eigenvalue weighted by molar-refractivity contribution is -0.206. The number of nitrogens with one attached hydrogen (secondary N) is 4. The van der Waals surface area contributed by atoms with Gasteiger partial charge in [-0.25, -0.2) is 4.79 Å². The van der Waals surface area contributed by atoms with E-state index in [1.807, 2.05) is 54.3 Å². The number of aromatic amines is 1. The highest BCUT2D eigenvalue weighted by atomic mass is 19.4. The Labute approximate surface area is 327 Å². The van der Waals surface area contributed by atoms with Gasteiger partial charge in [0, 0.05) is 68.7 Å². The van der Waals surface area contributed by atoms with Crippen LogP contribution >= 0.6 is 0 Å². The van der Waals surface area contributed by atoms with Gasteiger partial charge < -0.3 is 45.5 Å². The fourth-order valence-electron chi connectivity index (χ4n) is 6.72. The van der Waals surface area contributed by atoms with E-state index in [-0.39, 0.29) is 66.9 Å². The van der Waals surface area contributed by atoms with Crippen LogP contribution in [0.3, 0.4) is 0 Å². The predicted octanol–water partition coefficient (Wildman–Crippen LogP) is 3.93. The van der Waals surface area contributed by atoms with Gasteiger partial charge in [0.25, 0.3) is 0 Å². The van der Waals surface area contributed by atoms with E-state index in [4.69, 9.17) is 4.74 Å². The van der Waals surface area contributed by atoms with Gasteiger partial charge in [-0.2, -0.15) is 13.2 Å². The highest BCUT2D eigenvalue weighted by Gasteiger charge is 2.42. The number of fused-ring (bicyclic) bond motifs is 1. The third-order valence-electron chi connectivity index (χ3n) is 9.86. The maximum atomic E-state index is 13.0. The number of aromatic nitrogens is 1. The van der Waals surface area contributed by atoms with Crippen LogP contribution in [0.2, 0.25) is 0 Å². The first kappa shape index (κ1) is 42.7. The van der Waals surface area contributed by atoms with Crippen LogP contribution in [0.4, 0.5) is 13.2 Å². The lowest BCUT2D eigenvalue weighted by Gasteiger charge is -2.31. The third-order valence-corrected chi connectivity index (χ3v) is 9.86. The Morgan fingerprint density at radius 2 is 1.58 bits per heavy atom. The van der Waals surface area contributed by atoms with Crippen LogP contribution < -0.4 is 26.2 Å². The number of phenols is 1. The normalized spacial score (nSPS) is 14.8. The molecule has 16 heteroatoms. The molecular formula is C41H48F3N5O8. The molecule has 0 spiro atoms. The van der Waals surface area contributed by atoms with Crippen molar-refractivity contribution in [2.45, 2.75) is 76.5 Å². The van der Waals surface area contributed by atoms with Crippen molar-refractivity contribution in [3.63, 3.8) is 0 Å². The number of alkyl halides is 3. The second-order valence-corrected chi connectivity index (χ2v) is 14.2. The first-order valence-electron chi connectivity index (χ1n) is 18.7. The van der Waals surface area contributed by atoms with Gasteiger partial charge in [-0.1, -0.05) is 42.5 Å². The Bertz CT molecular complexity index is 2070. The number of nitrogens with zero attached hydrogens (tertiary/aromatic N) is 1. The van der Waals surface area contributed by atoms with E-state index >= 15 is 0 Å². The number of pyridine rings is 1. The number of likely N-dealkylation sites (tertiary alicyclic amines) is 1. The van der Waals surface area contributed by atoms with Gasteiger partial charge in [0.05, 0.1) is 25.2 Å². The monoisotopic (exact) mass is 795 g/mol. The molecule has 1 aliphatic rings. The SMILES string of the molecule is COc1ccc(CC(C)NC[C@H](O)c2ccc(O)c3[nH]c(=O)ccc23)cc1CC(=O)NCc1ccc(CNC(=O)CCN2CCC(OC(=O)C(F)(F)F)CC2)cc1. The van der Waals surface area contributed by atoms with Crippen LogP contribution in [-0.2, 0) is 45.1 Å². The van der Waals surface area contributed by atoms with E-state index in [9.17, 15) is 42.6 Å². The molecule has 0 aliphatic carbocycles. The number of hydrogen-bond donors (Lipinski definition) is 6. The minimum absolute atomic E-state index is 0.0440. The quantitative estimate of drug-likeness (QED) is 0.0858. The second kappa shape index (κ2) is 19.6. The van der Waals surface area contributed by atoms with Crippen molar-refractivity contribution in [2.75, 3.05) is 33.3 Å². The van der Waals surface area contributed by atoms with Crippen LogP contribution in [0.25, 0.3) is 10.9 Å². The smallest absolute Gasteiger partial charge is 0.490 e. The fourth-order valence-corrected chi connectivity index (χ4v) is 6.72. The number of piperidine rings is 1. The van der Waals surface area contributed by atoms with Gasteiger partial charge in [0.2, 0.25) is 17.4 Å². The lowest BCUT2D eigenvalue weighted by Crippen LogP contribution is -2.41. The molecule has 0 saturated carbocycles. The average molecular weight is 796 g/mol. The second-order valence-electron chi connectivity index (χ2n) is 14.2. The molecule has 1 aromatic heterocycles. The standard InChI is InChI=1S/C41H48F3N5O8/c1-25(45-24-34(51)31-8-10-33(50)39-32(31)9-12-37(53)48-39)19-28-7-11-35(56-2)29(20-28)21-38(54)47-23-27-5-3-26(4-6-27)22-46-36(52)15-18-49-16-13-30(14-17-49)57-40(55)41(42,43)44/h3-12,20,25,30,34,45,50-51H,13-19,21-24H2,1-2H3,(H,46,52)(H,47,54)(H,48,53)/t25?,34-/m0/s1. The number of methoxy groups -OCH3 is 1. The number of H-pyrrole nitrogens is 1. The minimum Gasteiger partial charge on any atom is -0.506 e. The largest absolute Gasteiger partial charge is 0.506 e. The fraction of sp³-hybridized carbons (Fsp3) is 0.415. The first-order valence-corrected chi connectivity index (χ1v) is 18.7. The molecular weight excluding hydrogens is 747 g/mol. The summed E-state index contributed by atoms with van der Waals surface area (Å²) in [6.45, 7) is 4.13. The predicted molar refractivity (Wildman–Crippen MR) is 205 cm³/mol. The number of phenolic OH excluding ortho intramolecular Hbond substituents is 1. The lowest BCUT2D eigenvalue weighted by atomic mass is 10.0. The molecule has 57 heavy (non-hydrogen) atoms. The van der Waals surface area contributed by atoms with E-state index < -0.39 is 24.4 Å². The minimum atomic E-state index is -5.01. The van der Waals surface area contributed by atoms with Gasteiger partial charge in [-0.15, -0.1) is 0 Å². The number of aromatic hydroxyl groups is 1. The third kappa shape index (κ3) is 12.5. The molecule has 3 aromatic carbocycles. The molecule has 2 heterocycles. The summed E-state index contributed by atoms with van der Waals surface area (Å²) in [4.78, 5) is 52.8. The summed E-state index contributed by atoms with van der Waals surface area (Å²) >= 11 is 0. The van der Waals surface area contributed by atoms with Crippen molar-refractivity contribution in [2.24, 2.45) is 0 Å². The van der Waals surface area contributed by atoms with Crippen molar-refractivity contribution in [1.29, 1.82) is 0 Å². The highest BCUT2D eigenvalue weighted by Crippen LogP contribution is 2.29. The Morgan fingerprint density at radius 3 is 2.23 bits per heavy atom. The van der Waals surface area contributed by atoms with Gasteiger partial charge >= 0.3 is 12.1 Å². The number of carbonyl (C=O) groups excluding carboxylic acids is 3. The van der Waals surface area contributed by atoms with E-state index in [1.165, 1.54) is 12.1 Å². The number of halogens is 3. The van der Waals surface area contributed by atoms with Crippen LogP contribution in [0.1, 0.15) is 60.1 Å². The number of rotatable bonds is 17. The summed E-state index contributed by atoms with van der Waals surface area (Å²) in [6, 6.07) is 19.1. The molecule has 0 bridgehead atoms. The van der Waals surface area contributed by atoms with Gasteiger partial charge in [0.15, 0.2) is 0 Å². The summed E-state index contributed by atoms with van der Waals surface area (Å²) < 4.78 is 47.3. The number of carbonyl (C=O) groups is 3. The summed E-state index contributed by atoms with van der Waals surface area (Å²) in [5.74, 6) is -2.01. The number of ether oxygens (including phenoxy) is 2. The van der Waals surface area contributed by atoms with Crippen molar-refractivity contribution < 1.29 is 47.2 Å². The van der Waals surface area contributed by atoms with Gasteiger partial charge in [-0.3, -0.25) is 14.4 Å². The number of benzene rings is 3. The summed E-state index contributed by atoms with van der Waals surface area (Å²) in [5, 5.41) is 30.8. The van der Waals surface area contributed by atoms with Gasteiger partial charge in [-0.05, 0) is 66.6 Å². The highest BCUT2D eigenvalue weighted by molar-refractivity contribution is 5.87. The maximum absolute atomic E-state index is 13.0. The number of hydrogen-bond acceptors (Lipinski definition) is 10. The molecule has 0 radical (unpaired) electrons. The number of aliphatic hydroxyl groups excluding tert-OH is 1. The molecule has 13 nitrogen and oxygen atoms in total. The summed E-state index contributed by atoms with van der Waals surface area (Å²) in [6.07, 6.45) is -5.21. The molecule has 4 aromatic rings. The maximum Gasteiger partial charge on any atom is 0.490 e.